The first-order chi connectivity index (χ1) is 6.59. The van der Waals surface area contributed by atoms with E-state index in [1.54, 1.807) is 30.5 Å². The molecular weight excluding hydrogens is 257 g/mol. The third-order valence-electron chi connectivity index (χ3n) is 1.87. The van der Waals surface area contributed by atoms with Gasteiger partial charge in [0.05, 0.1) is 10.4 Å². The molecule has 1 heterocycles. The van der Waals surface area contributed by atoms with E-state index in [4.69, 9.17) is 0 Å². The second-order valence-corrected chi connectivity index (χ2v) is 5.45. The molecule has 3 nitrogen and oxygen atoms in total. The van der Waals surface area contributed by atoms with Gasteiger partial charge in [0.1, 0.15) is 0 Å². The molecule has 0 radical (unpaired) electrons. The number of benzene rings is 1. The number of para-hydroxylation sites is 1. The summed E-state index contributed by atoms with van der Waals surface area (Å²) in [6, 6.07) is 8.47. The van der Waals surface area contributed by atoms with Gasteiger partial charge < -0.3 is 4.55 Å². The minimum atomic E-state index is -3.61. The molecule has 0 N–H and O–H groups in total. The summed E-state index contributed by atoms with van der Waals surface area (Å²) in [7, 11) is -3.61. The summed E-state index contributed by atoms with van der Waals surface area (Å²) in [4.78, 5) is 4.10. The van der Waals surface area contributed by atoms with Gasteiger partial charge in [-0.1, -0.05) is 18.2 Å². The van der Waals surface area contributed by atoms with E-state index in [1.165, 1.54) is 6.07 Å². The van der Waals surface area contributed by atoms with Crippen LogP contribution >= 0.6 is 0 Å². The first-order valence-electron chi connectivity index (χ1n) is 3.89. The maximum absolute atomic E-state index is 11.2. The Kier molecular flexibility index (Phi) is 4.81. The van der Waals surface area contributed by atoms with Gasteiger partial charge in [-0.15, -0.1) is 0 Å². The van der Waals surface area contributed by atoms with Crippen LogP contribution in [-0.4, -0.2) is 13.7 Å². The summed E-state index contributed by atoms with van der Waals surface area (Å²) in [5.74, 6) is 0. The Morgan fingerprint density at radius 2 is 1.93 bits per heavy atom. The number of aromatic nitrogens is 1. The van der Waals surface area contributed by atoms with Gasteiger partial charge in [-0.3, -0.25) is 9.19 Å². The number of fused-ring (bicyclic) bond motifs is 1. The van der Waals surface area contributed by atoms with E-state index in [0.717, 1.165) is 5.39 Å². The molecule has 0 aliphatic rings. The molecule has 72 valence electrons. The molecule has 1 atom stereocenters. The molecule has 1 aromatic carbocycles. The van der Waals surface area contributed by atoms with Crippen molar-refractivity contribution in [2.24, 2.45) is 0 Å². The summed E-state index contributed by atoms with van der Waals surface area (Å²) < 4.78 is 22.4. The molecule has 0 amide bonds. The SMILES string of the molecule is O=S([O-])(=S)c1cccc2cccnc12.[K+]. The van der Waals surface area contributed by atoms with Crippen LogP contribution in [0.3, 0.4) is 0 Å². The molecule has 0 saturated carbocycles. The van der Waals surface area contributed by atoms with Gasteiger partial charge in [0.15, 0.2) is 0 Å². The molecular formula is C9H6KNO2S2. The Morgan fingerprint density at radius 3 is 2.60 bits per heavy atom. The predicted molar refractivity (Wildman–Crippen MR) is 56.3 cm³/mol. The normalized spacial score (nSPS) is 14.2. The molecule has 0 fully saturated rings. The summed E-state index contributed by atoms with van der Waals surface area (Å²) >= 11 is 4.41. The Balaban J connectivity index is 0.00000112. The Morgan fingerprint density at radius 1 is 1.27 bits per heavy atom. The van der Waals surface area contributed by atoms with Crippen molar-refractivity contribution in [3.63, 3.8) is 0 Å². The van der Waals surface area contributed by atoms with Crippen LogP contribution in [0, 0.1) is 0 Å². The van der Waals surface area contributed by atoms with Crippen molar-refractivity contribution in [3.05, 3.63) is 36.5 Å². The topological polar surface area (TPSA) is 53.0 Å². The van der Waals surface area contributed by atoms with Crippen molar-refractivity contribution in [2.45, 2.75) is 4.90 Å². The van der Waals surface area contributed by atoms with Gasteiger partial charge in [-0.2, -0.15) is 0 Å². The van der Waals surface area contributed by atoms with E-state index in [-0.39, 0.29) is 56.3 Å². The molecule has 0 aliphatic heterocycles. The molecule has 6 heteroatoms. The molecule has 0 bridgehead atoms. The van der Waals surface area contributed by atoms with E-state index in [1.807, 2.05) is 0 Å². The van der Waals surface area contributed by atoms with Crippen molar-refractivity contribution < 1.29 is 60.1 Å². The zero-order chi connectivity index (χ0) is 10.2. The smallest absolute Gasteiger partial charge is 0.766 e. The maximum Gasteiger partial charge on any atom is 1.00 e. The fourth-order valence-corrected chi connectivity index (χ4v) is 2.33. The molecule has 2 aromatic rings. The molecule has 15 heavy (non-hydrogen) atoms. The van der Waals surface area contributed by atoms with Gasteiger partial charge >= 0.3 is 51.4 Å². The maximum atomic E-state index is 11.2. The summed E-state index contributed by atoms with van der Waals surface area (Å²) in [6.07, 6.45) is 1.55. The summed E-state index contributed by atoms with van der Waals surface area (Å²) in [5.41, 5.74) is 0.435. The first-order valence-corrected chi connectivity index (χ1v) is 6.29. The van der Waals surface area contributed by atoms with Gasteiger partial charge in [-0.25, -0.2) is 0 Å². The van der Waals surface area contributed by atoms with Crippen LogP contribution in [0.1, 0.15) is 0 Å². The van der Waals surface area contributed by atoms with Gasteiger partial charge in [0, 0.05) is 11.6 Å². The van der Waals surface area contributed by atoms with E-state index < -0.39 is 8.77 Å². The number of hydrogen-bond acceptors (Lipinski definition) is 4. The van der Waals surface area contributed by atoms with Crippen molar-refractivity contribution >= 4 is 30.9 Å². The average molecular weight is 263 g/mol. The first kappa shape index (κ1) is 13.7. The van der Waals surface area contributed by atoms with Gasteiger partial charge in [-0.05, 0) is 32.1 Å². The van der Waals surface area contributed by atoms with Gasteiger partial charge in [0.2, 0.25) is 0 Å². The zero-order valence-electron chi connectivity index (χ0n) is 8.04. The third kappa shape index (κ3) is 3.04. The van der Waals surface area contributed by atoms with Gasteiger partial charge in [0.25, 0.3) is 0 Å². The molecule has 1 unspecified atom stereocenters. The second kappa shape index (κ2) is 5.28. The zero-order valence-corrected chi connectivity index (χ0v) is 12.8. The van der Waals surface area contributed by atoms with Crippen LogP contribution in [0.5, 0.6) is 0 Å². The third-order valence-corrected chi connectivity index (χ3v) is 3.27. The molecule has 2 rings (SSSR count). The average Bonchev–Trinajstić information content (AvgIpc) is 2.15. The Labute approximate surface area is 135 Å². The summed E-state index contributed by atoms with van der Waals surface area (Å²) in [5, 5.41) is 0.776. The Bertz CT molecular complexity index is 578. The van der Waals surface area contributed by atoms with Crippen LogP contribution in [0.2, 0.25) is 0 Å². The molecule has 1 aromatic heterocycles. The number of pyridine rings is 1. The standard InChI is InChI=1S/C9H7NO2S2.K/c11-14(12,13)8-5-1-3-7-4-2-6-10-9(7)8;/h1-6H,(H,11,12,13);/q;+1/p-1. The number of hydrogen-bond donors (Lipinski definition) is 0. The second-order valence-electron chi connectivity index (χ2n) is 2.79. The monoisotopic (exact) mass is 263 g/mol. The minimum Gasteiger partial charge on any atom is -0.766 e. The van der Waals surface area contributed by atoms with E-state index in [9.17, 15) is 8.76 Å². The van der Waals surface area contributed by atoms with Crippen LogP contribution in [0.25, 0.3) is 10.9 Å². The van der Waals surface area contributed by atoms with E-state index >= 15 is 0 Å². The largest absolute Gasteiger partial charge is 1.00 e. The fraction of sp³-hybridized carbons (Fsp3) is 0. The van der Waals surface area contributed by atoms with E-state index in [2.05, 4.69) is 16.2 Å². The van der Waals surface area contributed by atoms with Crippen LogP contribution in [-0.2, 0) is 20.0 Å². The molecule has 0 aliphatic carbocycles. The van der Waals surface area contributed by atoms with Crippen molar-refractivity contribution in [1.82, 2.24) is 4.98 Å². The fourth-order valence-electron chi connectivity index (χ4n) is 1.28. The van der Waals surface area contributed by atoms with Crippen LogP contribution in [0.4, 0.5) is 0 Å². The van der Waals surface area contributed by atoms with Crippen LogP contribution in [0.15, 0.2) is 41.4 Å². The molecule has 0 saturated heterocycles. The van der Waals surface area contributed by atoms with Crippen LogP contribution < -0.4 is 51.4 Å². The minimum absolute atomic E-state index is 0. The van der Waals surface area contributed by atoms with Crippen molar-refractivity contribution in [1.29, 1.82) is 0 Å². The Hall–Kier alpha value is 0.596. The summed E-state index contributed by atoms with van der Waals surface area (Å²) in [6.45, 7) is 0. The number of rotatable bonds is 1. The number of nitrogens with zero attached hydrogens (tertiary/aromatic N) is 1. The van der Waals surface area contributed by atoms with Crippen molar-refractivity contribution in [2.75, 3.05) is 0 Å². The predicted octanol–water partition coefficient (Wildman–Crippen LogP) is -1.53. The quantitative estimate of drug-likeness (QED) is 0.586. The van der Waals surface area contributed by atoms with Crippen molar-refractivity contribution in [3.8, 4) is 0 Å². The molecule has 0 spiro atoms. The van der Waals surface area contributed by atoms with E-state index in [0.29, 0.717) is 5.52 Å².